The van der Waals surface area contributed by atoms with Crippen molar-refractivity contribution in [1.29, 1.82) is 0 Å². The highest BCUT2D eigenvalue weighted by molar-refractivity contribution is 5.76. The van der Waals surface area contributed by atoms with Crippen LogP contribution in [-0.2, 0) is 9.53 Å². The van der Waals surface area contributed by atoms with Gasteiger partial charge in [0.05, 0.1) is 6.61 Å². The van der Waals surface area contributed by atoms with Gasteiger partial charge in [-0.05, 0) is 42.4 Å². The van der Waals surface area contributed by atoms with Crippen molar-refractivity contribution in [1.82, 2.24) is 5.32 Å². The maximum absolute atomic E-state index is 13.2. The van der Waals surface area contributed by atoms with E-state index in [0.717, 1.165) is 18.4 Å². The second-order valence-corrected chi connectivity index (χ2v) is 6.10. The SMILES string of the molecule is COCCNC(=O)CC(c1ccc(F)cc1)C1CCCCC1. The van der Waals surface area contributed by atoms with Crippen LogP contribution in [0.1, 0.15) is 50.0 Å². The predicted molar refractivity (Wildman–Crippen MR) is 85.2 cm³/mol. The molecule has 4 heteroatoms. The zero-order valence-corrected chi connectivity index (χ0v) is 13.3. The largest absolute Gasteiger partial charge is 0.383 e. The summed E-state index contributed by atoms with van der Waals surface area (Å²) in [5, 5.41) is 2.90. The highest BCUT2D eigenvalue weighted by atomic mass is 19.1. The first-order valence-electron chi connectivity index (χ1n) is 8.22. The molecule has 0 radical (unpaired) electrons. The summed E-state index contributed by atoms with van der Waals surface area (Å²) < 4.78 is 18.1. The number of carbonyl (C=O) groups is 1. The molecule has 2 rings (SSSR count). The van der Waals surface area contributed by atoms with Crippen molar-refractivity contribution >= 4 is 5.91 Å². The number of hydrogen-bond acceptors (Lipinski definition) is 2. The van der Waals surface area contributed by atoms with E-state index in [1.165, 1.54) is 31.4 Å². The topological polar surface area (TPSA) is 38.3 Å². The maximum atomic E-state index is 13.2. The molecule has 1 aromatic rings. The van der Waals surface area contributed by atoms with E-state index in [9.17, 15) is 9.18 Å². The number of carbonyl (C=O) groups excluding carboxylic acids is 1. The number of amides is 1. The molecule has 0 bridgehead atoms. The Morgan fingerprint density at radius 2 is 1.95 bits per heavy atom. The van der Waals surface area contributed by atoms with Crippen LogP contribution >= 0.6 is 0 Å². The molecule has 22 heavy (non-hydrogen) atoms. The summed E-state index contributed by atoms with van der Waals surface area (Å²) in [5.74, 6) is 0.531. The van der Waals surface area contributed by atoms with Gasteiger partial charge in [0, 0.05) is 20.1 Å². The van der Waals surface area contributed by atoms with Crippen LogP contribution in [0.4, 0.5) is 4.39 Å². The molecule has 1 saturated carbocycles. The van der Waals surface area contributed by atoms with Crippen molar-refractivity contribution in [2.75, 3.05) is 20.3 Å². The molecular formula is C18H26FNO2. The van der Waals surface area contributed by atoms with E-state index in [2.05, 4.69) is 5.32 Å². The highest BCUT2D eigenvalue weighted by Gasteiger charge is 2.27. The molecule has 1 aliphatic carbocycles. The second-order valence-electron chi connectivity index (χ2n) is 6.10. The molecule has 1 fully saturated rings. The summed E-state index contributed by atoms with van der Waals surface area (Å²) >= 11 is 0. The molecule has 122 valence electrons. The lowest BCUT2D eigenvalue weighted by Crippen LogP contribution is -2.30. The van der Waals surface area contributed by atoms with Gasteiger partial charge in [-0.3, -0.25) is 4.79 Å². The first-order valence-corrected chi connectivity index (χ1v) is 8.22. The molecule has 1 N–H and O–H groups in total. The second kappa shape index (κ2) is 8.89. The van der Waals surface area contributed by atoms with E-state index in [0.29, 0.717) is 25.5 Å². The quantitative estimate of drug-likeness (QED) is 0.781. The maximum Gasteiger partial charge on any atom is 0.220 e. The highest BCUT2D eigenvalue weighted by Crippen LogP contribution is 2.38. The van der Waals surface area contributed by atoms with Gasteiger partial charge in [0.1, 0.15) is 5.82 Å². The first-order chi connectivity index (χ1) is 10.7. The Morgan fingerprint density at radius 3 is 2.59 bits per heavy atom. The Hall–Kier alpha value is -1.42. The fraction of sp³-hybridized carbons (Fsp3) is 0.611. The summed E-state index contributed by atoms with van der Waals surface area (Å²) in [6.45, 7) is 1.06. The van der Waals surface area contributed by atoms with Crippen LogP contribution in [0.5, 0.6) is 0 Å². The van der Waals surface area contributed by atoms with E-state index in [4.69, 9.17) is 4.74 Å². The Kier molecular flexibility index (Phi) is 6.84. The van der Waals surface area contributed by atoms with Gasteiger partial charge in [-0.2, -0.15) is 0 Å². The third kappa shape index (κ3) is 5.09. The number of nitrogens with one attached hydrogen (secondary N) is 1. The first kappa shape index (κ1) is 16.9. The van der Waals surface area contributed by atoms with Gasteiger partial charge < -0.3 is 10.1 Å². The minimum absolute atomic E-state index is 0.0527. The van der Waals surface area contributed by atoms with Crippen molar-refractivity contribution in [2.45, 2.75) is 44.4 Å². The van der Waals surface area contributed by atoms with Gasteiger partial charge in [0.2, 0.25) is 5.91 Å². The molecule has 0 aromatic heterocycles. The van der Waals surface area contributed by atoms with Crippen molar-refractivity contribution < 1.29 is 13.9 Å². The molecule has 0 heterocycles. The molecule has 1 aliphatic rings. The predicted octanol–water partition coefficient (Wildman–Crippen LogP) is 3.64. The molecule has 0 saturated heterocycles. The average molecular weight is 307 g/mol. The van der Waals surface area contributed by atoms with Gasteiger partial charge in [-0.25, -0.2) is 4.39 Å². The van der Waals surface area contributed by atoms with Gasteiger partial charge in [-0.1, -0.05) is 31.4 Å². The Morgan fingerprint density at radius 1 is 1.27 bits per heavy atom. The van der Waals surface area contributed by atoms with E-state index < -0.39 is 0 Å². The monoisotopic (exact) mass is 307 g/mol. The standard InChI is InChI=1S/C18H26FNO2/c1-22-12-11-20-18(21)13-17(14-5-3-2-4-6-14)15-7-9-16(19)10-8-15/h7-10,14,17H,2-6,11-13H2,1H3,(H,20,21). The lowest BCUT2D eigenvalue weighted by Gasteiger charge is -2.30. The van der Waals surface area contributed by atoms with E-state index in [-0.39, 0.29) is 17.6 Å². The summed E-state index contributed by atoms with van der Waals surface area (Å²) in [5.41, 5.74) is 1.08. The van der Waals surface area contributed by atoms with Crippen LogP contribution in [0.25, 0.3) is 0 Å². The lowest BCUT2D eigenvalue weighted by atomic mass is 9.75. The van der Waals surface area contributed by atoms with Crippen molar-refractivity contribution in [3.8, 4) is 0 Å². The zero-order valence-electron chi connectivity index (χ0n) is 13.3. The molecule has 1 amide bonds. The number of benzene rings is 1. The van der Waals surface area contributed by atoms with Crippen molar-refractivity contribution in [2.24, 2.45) is 5.92 Å². The Labute approximate surface area is 132 Å². The Bertz CT molecular complexity index is 455. The van der Waals surface area contributed by atoms with Crippen LogP contribution in [-0.4, -0.2) is 26.2 Å². The van der Waals surface area contributed by atoms with Gasteiger partial charge >= 0.3 is 0 Å². The van der Waals surface area contributed by atoms with Crippen LogP contribution in [0.15, 0.2) is 24.3 Å². The van der Waals surface area contributed by atoms with E-state index >= 15 is 0 Å². The van der Waals surface area contributed by atoms with Crippen molar-refractivity contribution in [3.63, 3.8) is 0 Å². The summed E-state index contributed by atoms with van der Waals surface area (Å²) in [6, 6.07) is 6.65. The number of methoxy groups -OCH3 is 1. The third-order valence-electron chi connectivity index (χ3n) is 4.55. The van der Waals surface area contributed by atoms with E-state index in [1.807, 2.05) is 12.1 Å². The fourth-order valence-electron chi connectivity index (χ4n) is 3.37. The molecule has 1 aromatic carbocycles. The minimum Gasteiger partial charge on any atom is -0.383 e. The molecule has 1 atom stereocenters. The molecule has 1 unspecified atom stereocenters. The fourth-order valence-corrected chi connectivity index (χ4v) is 3.37. The molecular weight excluding hydrogens is 281 g/mol. The normalized spacial score (nSPS) is 17.2. The van der Waals surface area contributed by atoms with Gasteiger partial charge in [0.25, 0.3) is 0 Å². The smallest absolute Gasteiger partial charge is 0.220 e. The number of hydrogen-bond donors (Lipinski definition) is 1. The number of halogens is 1. The van der Waals surface area contributed by atoms with Crippen LogP contribution in [0, 0.1) is 11.7 Å². The zero-order chi connectivity index (χ0) is 15.8. The van der Waals surface area contributed by atoms with Gasteiger partial charge in [0.15, 0.2) is 0 Å². The Balaban J connectivity index is 2.04. The van der Waals surface area contributed by atoms with Crippen molar-refractivity contribution in [3.05, 3.63) is 35.6 Å². The lowest BCUT2D eigenvalue weighted by molar-refractivity contribution is -0.122. The molecule has 0 aliphatic heterocycles. The number of ether oxygens (including phenoxy) is 1. The summed E-state index contributed by atoms with van der Waals surface area (Å²) in [6.07, 6.45) is 6.54. The average Bonchev–Trinajstić information content (AvgIpc) is 2.55. The number of rotatable bonds is 7. The van der Waals surface area contributed by atoms with E-state index in [1.54, 1.807) is 7.11 Å². The summed E-state index contributed by atoms with van der Waals surface area (Å²) in [4.78, 5) is 12.2. The summed E-state index contributed by atoms with van der Waals surface area (Å²) in [7, 11) is 1.62. The third-order valence-corrected chi connectivity index (χ3v) is 4.55. The minimum atomic E-state index is -0.226. The molecule has 3 nitrogen and oxygen atoms in total. The van der Waals surface area contributed by atoms with Crippen LogP contribution in [0.3, 0.4) is 0 Å². The molecule has 0 spiro atoms. The van der Waals surface area contributed by atoms with Crippen LogP contribution < -0.4 is 5.32 Å². The van der Waals surface area contributed by atoms with Gasteiger partial charge in [-0.15, -0.1) is 0 Å². The van der Waals surface area contributed by atoms with Crippen LogP contribution in [0.2, 0.25) is 0 Å².